The number of aryl methyl sites for hydroxylation is 2. The molecular weight excluding hydrogens is 488 g/mol. The van der Waals surface area contributed by atoms with Crippen LogP contribution in [0.5, 0.6) is 0 Å². The third kappa shape index (κ3) is 5.35. The van der Waals surface area contributed by atoms with Crippen molar-refractivity contribution in [2.45, 2.75) is 29.4 Å². The van der Waals surface area contributed by atoms with Gasteiger partial charge in [-0.15, -0.1) is 16.2 Å². The highest BCUT2D eigenvalue weighted by Crippen LogP contribution is 2.35. The molecular formula is C25H23ClN4O2S2. The van der Waals surface area contributed by atoms with E-state index in [4.69, 9.17) is 17.3 Å². The molecule has 2 N–H and O–H groups in total. The summed E-state index contributed by atoms with van der Waals surface area (Å²) in [6.07, 6.45) is 1.55. The van der Waals surface area contributed by atoms with Crippen molar-refractivity contribution in [3.63, 3.8) is 0 Å². The monoisotopic (exact) mass is 510 g/mol. The summed E-state index contributed by atoms with van der Waals surface area (Å²) >= 11 is 7.72. The van der Waals surface area contributed by atoms with Gasteiger partial charge in [-0.3, -0.25) is 0 Å². The van der Waals surface area contributed by atoms with Crippen molar-refractivity contribution in [2.75, 3.05) is 0 Å². The molecule has 0 aliphatic carbocycles. The summed E-state index contributed by atoms with van der Waals surface area (Å²) in [5, 5.41) is 4.67. The summed E-state index contributed by atoms with van der Waals surface area (Å²) in [5.41, 5.74) is 10.5. The predicted molar refractivity (Wildman–Crippen MR) is 139 cm³/mol. The molecule has 0 atom stereocenters. The van der Waals surface area contributed by atoms with Crippen LogP contribution >= 0.6 is 23.4 Å². The van der Waals surface area contributed by atoms with Gasteiger partial charge in [-0.05, 0) is 43.2 Å². The Balaban J connectivity index is 1.70. The predicted octanol–water partition coefficient (Wildman–Crippen LogP) is 5.66. The van der Waals surface area contributed by atoms with Gasteiger partial charge in [-0.2, -0.15) is 18.2 Å². The van der Waals surface area contributed by atoms with Crippen LogP contribution in [0.2, 0.25) is 5.02 Å². The lowest BCUT2D eigenvalue weighted by Gasteiger charge is -2.12. The molecule has 0 aliphatic heterocycles. The van der Waals surface area contributed by atoms with E-state index in [1.807, 2.05) is 55.5 Å². The number of nitrogens with zero attached hydrogens (tertiary/aromatic N) is 3. The van der Waals surface area contributed by atoms with Crippen LogP contribution in [0.15, 0.2) is 93.2 Å². The average Bonchev–Trinajstić information content (AvgIpc) is 3.30. The van der Waals surface area contributed by atoms with Crippen LogP contribution in [0.3, 0.4) is 0 Å². The van der Waals surface area contributed by atoms with E-state index in [1.54, 1.807) is 25.3 Å². The number of aromatic nitrogens is 2. The average molecular weight is 511 g/mol. The molecule has 3 aromatic carbocycles. The van der Waals surface area contributed by atoms with Gasteiger partial charge in [0.25, 0.3) is 10.0 Å². The molecule has 0 bridgehead atoms. The Bertz CT molecular complexity index is 1470. The second kappa shape index (κ2) is 10.0. The Morgan fingerprint density at radius 3 is 2.56 bits per heavy atom. The molecule has 0 fully saturated rings. The van der Waals surface area contributed by atoms with Gasteiger partial charge in [0.15, 0.2) is 0 Å². The van der Waals surface area contributed by atoms with E-state index in [-0.39, 0.29) is 10.9 Å². The maximum Gasteiger partial charge on any atom is 0.286 e. The summed E-state index contributed by atoms with van der Waals surface area (Å²) in [5.74, 6) is 0.339. The van der Waals surface area contributed by atoms with Crippen molar-refractivity contribution < 1.29 is 8.42 Å². The van der Waals surface area contributed by atoms with E-state index < -0.39 is 10.0 Å². The summed E-state index contributed by atoms with van der Waals surface area (Å²) in [4.78, 5) is 0.570. The van der Waals surface area contributed by atoms with E-state index in [0.29, 0.717) is 26.9 Å². The molecule has 0 saturated carbocycles. The van der Waals surface area contributed by atoms with Crippen LogP contribution in [-0.2, 0) is 15.8 Å². The van der Waals surface area contributed by atoms with Crippen molar-refractivity contribution in [1.82, 2.24) is 9.78 Å². The van der Waals surface area contributed by atoms with Gasteiger partial charge in [0.1, 0.15) is 4.90 Å². The molecule has 0 saturated heterocycles. The summed E-state index contributed by atoms with van der Waals surface area (Å²) in [6, 6.07) is 22.4. The molecule has 0 aliphatic rings. The van der Waals surface area contributed by atoms with Gasteiger partial charge < -0.3 is 5.73 Å². The van der Waals surface area contributed by atoms with Crippen molar-refractivity contribution in [2.24, 2.45) is 10.1 Å². The van der Waals surface area contributed by atoms with Crippen LogP contribution in [0.25, 0.3) is 11.3 Å². The first-order valence-electron chi connectivity index (χ1n) is 10.4. The maximum absolute atomic E-state index is 13.4. The zero-order valence-electron chi connectivity index (χ0n) is 18.6. The van der Waals surface area contributed by atoms with Crippen molar-refractivity contribution in [3.8, 4) is 11.3 Å². The third-order valence-electron chi connectivity index (χ3n) is 5.12. The number of thioether (sulfide) groups is 1. The number of halogens is 1. The molecule has 1 aromatic heterocycles. The van der Waals surface area contributed by atoms with Crippen LogP contribution in [0.4, 0.5) is 0 Å². The lowest BCUT2D eigenvalue weighted by atomic mass is 10.1. The van der Waals surface area contributed by atoms with E-state index in [1.165, 1.54) is 22.5 Å². The Kier molecular flexibility index (Phi) is 7.11. The molecule has 1 heterocycles. The van der Waals surface area contributed by atoms with Crippen LogP contribution in [0.1, 0.15) is 16.7 Å². The van der Waals surface area contributed by atoms with E-state index >= 15 is 0 Å². The van der Waals surface area contributed by atoms with Crippen LogP contribution in [-0.4, -0.2) is 24.2 Å². The fraction of sp³-hybridized carbons (Fsp3) is 0.120. The molecule has 6 nitrogen and oxygen atoms in total. The standard InChI is InChI=1S/C25H23ClN4O2S2/c1-17-7-6-8-19(13-17)16-33-23-15-21(26)18(2)14-24(23)34(31,32)29-25(27)30-22(11-12-28-30)20-9-4-3-5-10-20/h3-15H,16H2,1-2H3,(H2,27,29). The third-order valence-corrected chi connectivity index (χ3v) is 8.11. The quantitative estimate of drug-likeness (QED) is 0.205. The summed E-state index contributed by atoms with van der Waals surface area (Å²) < 4.78 is 32.0. The molecule has 4 aromatic rings. The first-order chi connectivity index (χ1) is 16.2. The molecule has 4 rings (SSSR count). The lowest BCUT2D eigenvalue weighted by Crippen LogP contribution is -2.26. The second-order valence-corrected chi connectivity index (χ2v) is 10.7. The molecule has 0 radical (unpaired) electrons. The second-order valence-electron chi connectivity index (χ2n) is 7.74. The fourth-order valence-electron chi connectivity index (χ4n) is 3.44. The Morgan fingerprint density at radius 1 is 1.06 bits per heavy atom. The van der Waals surface area contributed by atoms with Crippen LogP contribution in [0, 0.1) is 13.8 Å². The summed E-state index contributed by atoms with van der Waals surface area (Å²) in [6.45, 7) is 3.77. The molecule has 0 unspecified atom stereocenters. The Hall–Kier alpha value is -3.07. The number of sulfonamides is 1. The van der Waals surface area contributed by atoms with Crippen LogP contribution < -0.4 is 5.73 Å². The smallest absolute Gasteiger partial charge is 0.286 e. The highest BCUT2D eigenvalue weighted by atomic mass is 35.5. The van der Waals surface area contributed by atoms with Gasteiger partial charge in [0.2, 0.25) is 5.96 Å². The highest BCUT2D eigenvalue weighted by Gasteiger charge is 2.22. The zero-order valence-corrected chi connectivity index (χ0v) is 21.0. The topological polar surface area (TPSA) is 90.3 Å². The van der Waals surface area contributed by atoms with Gasteiger partial charge in [-0.1, -0.05) is 71.8 Å². The van der Waals surface area contributed by atoms with E-state index in [0.717, 1.165) is 16.7 Å². The minimum atomic E-state index is -4.14. The lowest BCUT2D eigenvalue weighted by molar-refractivity contribution is 0.595. The number of rotatable bonds is 6. The number of hydrogen-bond acceptors (Lipinski definition) is 4. The molecule has 34 heavy (non-hydrogen) atoms. The normalized spacial score (nSPS) is 12.1. The SMILES string of the molecule is Cc1cccc(CSc2cc(Cl)c(C)cc2S(=O)(=O)/N=C(\N)n2nccc2-c2ccccc2)c1. The maximum atomic E-state index is 13.4. The largest absolute Gasteiger partial charge is 0.367 e. The molecule has 174 valence electrons. The van der Waals surface area contributed by atoms with Crippen molar-refractivity contribution >= 4 is 39.3 Å². The van der Waals surface area contributed by atoms with Gasteiger partial charge in [0, 0.05) is 21.2 Å². The van der Waals surface area contributed by atoms with Gasteiger partial charge in [-0.25, -0.2) is 0 Å². The van der Waals surface area contributed by atoms with Crippen molar-refractivity contribution in [1.29, 1.82) is 0 Å². The van der Waals surface area contributed by atoms with E-state index in [9.17, 15) is 8.42 Å². The van der Waals surface area contributed by atoms with Gasteiger partial charge >= 0.3 is 0 Å². The summed E-state index contributed by atoms with van der Waals surface area (Å²) in [7, 11) is -4.14. The zero-order chi connectivity index (χ0) is 24.3. The highest BCUT2D eigenvalue weighted by molar-refractivity contribution is 7.99. The fourth-order valence-corrected chi connectivity index (χ4v) is 6.12. The number of benzene rings is 3. The van der Waals surface area contributed by atoms with E-state index in [2.05, 4.69) is 15.6 Å². The Morgan fingerprint density at radius 2 is 1.82 bits per heavy atom. The Labute approximate surface area is 208 Å². The van der Waals surface area contributed by atoms with Crippen molar-refractivity contribution in [3.05, 3.63) is 101 Å². The minimum Gasteiger partial charge on any atom is -0.367 e. The molecule has 0 spiro atoms. The molecule has 9 heteroatoms. The minimum absolute atomic E-state index is 0.0587. The van der Waals surface area contributed by atoms with Gasteiger partial charge in [0.05, 0.1) is 11.9 Å². The number of hydrogen-bond donors (Lipinski definition) is 1. The first kappa shape index (κ1) is 24.1. The molecule has 0 amide bonds. The first-order valence-corrected chi connectivity index (χ1v) is 13.2. The number of nitrogens with two attached hydrogens (primary N) is 1.